The molecule has 1 aromatic carbocycles. The molecule has 0 aliphatic heterocycles. The molecule has 3 heteroatoms. The third-order valence-electron chi connectivity index (χ3n) is 3.27. The van der Waals surface area contributed by atoms with Crippen LogP contribution >= 0.6 is 0 Å². The van der Waals surface area contributed by atoms with Crippen LogP contribution in [-0.4, -0.2) is 11.5 Å². The van der Waals surface area contributed by atoms with E-state index >= 15 is 0 Å². The van der Waals surface area contributed by atoms with Gasteiger partial charge in [0.05, 0.1) is 0 Å². The predicted molar refractivity (Wildman–Crippen MR) is 81.7 cm³/mol. The van der Waals surface area contributed by atoms with Crippen molar-refractivity contribution in [3.8, 4) is 5.75 Å². The van der Waals surface area contributed by atoms with E-state index < -0.39 is 0 Å². The second-order valence-electron chi connectivity index (χ2n) is 4.71. The van der Waals surface area contributed by atoms with Crippen LogP contribution in [0.3, 0.4) is 0 Å². The van der Waals surface area contributed by atoms with Gasteiger partial charge in [0.25, 0.3) is 0 Å². The number of hydrogen-bond acceptors (Lipinski definition) is 3. The van der Waals surface area contributed by atoms with Crippen molar-refractivity contribution >= 4 is 0 Å². The van der Waals surface area contributed by atoms with E-state index in [9.17, 15) is 0 Å². The number of hydrogen-bond donors (Lipinski definition) is 1. The highest BCUT2D eigenvalue weighted by molar-refractivity contribution is 5.36. The minimum atomic E-state index is 0.338. The minimum absolute atomic E-state index is 0.338. The number of rotatable bonds is 7. The minimum Gasteiger partial charge on any atom is -0.489 e. The number of nitrogens with zero attached hydrogens (tertiary/aromatic N) is 1. The average Bonchev–Trinajstić information content (AvgIpc) is 2.52. The summed E-state index contributed by atoms with van der Waals surface area (Å²) in [5.74, 6) is 0.948. The molecular formula is C17H22N2O. The third-order valence-corrected chi connectivity index (χ3v) is 3.27. The second kappa shape index (κ2) is 7.65. The molecule has 2 aromatic rings. The van der Waals surface area contributed by atoms with Gasteiger partial charge in [-0.05, 0) is 25.1 Å². The van der Waals surface area contributed by atoms with Crippen LogP contribution in [0.4, 0.5) is 0 Å². The molecule has 0 saturated heterocycles. The van der Waals surface area contributed by atoms with Crippen LogP contribution in [0.25, 0.3) is 0 Å². The molecule has 0 fully saturated rings. The van der Waals surface area contributed by atoms with Crippen molar-refractivity contribution < 1.29 is 4.74 Å². The molecule has 3 nitrogen and oxygen atoms in total. The first-order chi connectivity index (χ1) is 9.85. The van der Waals surface area contributed by atoms with E-state index in [4.69, 9.17) is 4.74 Å². The summed E-state index contributed by atoms with van der Waals surface area (Å²) in [7, 11) is 0. The normalized spacial score (nSPS) is 12.1. The monoisotopic (exact) mass is 270 g/mol. The number of pyridine rings is 1. The van der Waals surface area contributed by atoms with Gasteiger partial charge in [-0.25, -0.2) is 0 Å². The molecule has 0 spiro atoms. The van der Waals surface area contributed by atoms with Crippen molar-refractivity contribution in [2.75, 3.05) is 6.54 Å². The second-order valence-corrected chi connectivity index (χ2v) is 4.71. The molecule has 1 unspecified atom stereocenters. The lowest BCUT2D eigenvalue weighted by Gasteiger charge is -2.20. The van der Waals surface area contributed by atoms with Gasteiger partial charge in [0, 0.05) is 29.6 Å². The highest BCUT2D eigenvalue weighted by Crippen LogP contribution is 2.27. The summed E-state index contributed by atoms with van der Waals surface area (Å²) in [5, 5.41) is 3.49. The molecule has 0 amide bonds. The van der Waals surface area contributed by atoms with Gasteiger partial charge in [0.15, 0.2) is 0 Å². The Morgan fingerprint density at radius 1 is 1.15 bits per heavy atom. The highest BCUT2D eigenvalue weighted by atomic mass is 16.5. The summed E-state index contributed by atoms with van der Waals surface area (Å²) in [5.41, 5.74) is 2.31. The smallest absolute Gasteiger partial charge is 0.124 e. The van der Waals surface area contributed by atoms with Gasteiger partial charge in [-0.15, -0.1) is 0 Å². The van der Waals surface area contributed by atoms with Gasteiger partial charge in [-0.2, -0.15) is 0 Å². The van der Waals surface area contributed by atoms with E-state index in [1.54, 1.807) is 6.20 Å². The molecule has 1 heterocycles. The molecule has 0 radical (unpaired) electrons. The van der Waals surface area contributed by atoms with Gasteiger partial charge >= 0.3 is 0 Å². The largest absolute Gasteiger partial charge is 0.489 e. The third kappa shape index (κ3) is 3.81. The van der Waals surface area contributed by atoms with Gasteiger partial charge in [0.1, 0.15) is 12.4 Å². The molecule has 0 bridgehead atoms. The van der Waals surface area contributed by atoms with E-state index in [0.29, 0.717) is 12.6 Å². The van der Waals surface area contributed by atoms with E-state index in [2.05, 4.69) is 36.3 Å². The molecule has 1 atom stereocenters. The van der Waals surface area contributed by atoms with Crippen LogP contribution in [0.15, 0.2) is 48.8 Å². The quantitative estimate of drug-likeness (QED) is 0.832. The summed E-state index contributed by atoms with van der Waals surface area (Å²) in [4.78, 5) is 4.11. The Bertz CT molecular complexity index is 513. The number of para-hydroxylation sites is 1. The zero-order valence-corrected chi connectivity index (χ0v) is 12.2. The van der Waals surface area contributed by atoms with E-state index in [1.165, 1.54) is 5.56 Å². The summed E-state index contributed by atoms with van der Waals surface area (Å²) in [6, 6.07) is 12.5. The summed E-state index contributed by atoms with van der Waals surface area (Å²) in [6.45, 7) is 5.82. The number of nitrogens with one attached hydrogen (secondary N) is 1. The lowest BCUT2D eigenvalue weighted by molar-refractivity contribution is 0.298. The molecule has 0 aliphatic rings. The molecular weight excluding hydrogens is 248 g/mol. The maximum atomic E-state index is 5.97. The molecule has 106 valence electrons. The maximum Gasteiger partial charge on any atom is 0.124 e. The Kier molecular flexibility index (Phi) is 5.56. The van der Waals surface area contributed by atoms with Crippen LogP contribution in [0.5, 0.6) is 5.75 Å². The maximum absolute atomic E-state index is 5.97. The van der Waals surface area contributed by atoms with Gasteiger partial charge in [-0.3, -0.25) is 4.98 Å². The molecule has 2 rings (SSSR count). The lowest BCUT2D eigenvalue weighted by atomic mass is 10.0. The SMILES string of the molecule is CCNC(CC)c1ccccc1OCc1cccnc1. The molecule has 0 aliphatic carbocycles. The van der Waals surface area contributed by atoms with E-state index in [0.717, 1.165) is 24.3 Å². The van der Waals surface area contributed by atoms with Gasteiger partial charge in [0.2, 0.25) is 0 Å². The topological polar surface area (TPSA) is 34.1 Å². The first-order valence-corrected chi connectivity index (χ1v) is 7.19. The molecule has 20 heavy (non-hydrogen) atoms. The van der Waals surface area contributed by atoms with Crippen molar-refractivity contribution in [3.05, 3.63) is 59.9 Å². The highest BCUT2D eigenvalue weighted by Gasteiger charge is 2.13. The van der Waals surface area contributed by atoms with Crippen molar-refractivity contribution in [2.45, 2.75) is 32.9 Å². The van der Waals surface area contributed by atoms with Crippen LogP contribution in [0.2, 0.25) is 0 Å². The first kappa shape index (κ1) is 14.5. The molecule has 0 saturated carbocycles. The zero-order valence-electron chi connectivity index (χ0n) is 12.2. The Morgan fingerprint density at radius 2 is 2.00 bits per heavy atom. The Morgan fingerprint density at radius 3 is 2.70 bits per heavy atom. The van der Waals surface area contributed by atoms with Crippen molar-refractivity contribution in [1.82, 2.24) is 10.3 Å². The number of ether oxygens (including phenoxy) is 1. The lowest BCUT2D eigenvalue weighted by Crippen LogP contribution is -2.20. The average molecular weight is 270 g/mol. The van der Waals surface area contributed by atoms with E-state index in [-0.39, 0.29) is 0 Å². The number of benzene rings is 1. The van der Waals surface area contributed by atoms with Crippen molar-refractivity contribution in [2.24, 2.45) is 0 Å². The number of aromatic nitrogens is 1. The van der Waals surface area contributed by atoms with Crippen LogP contribution in [0, 0.1) is 0 Å². The van der Waals surface area contributed by atoms with Crippen molar-refractivity contribution in [1.29, 1.82) is 0 Å². The molecule has 1 N–H and O–H groups in total. The fourth-order valence-corrected chi connectivity index (χ4v) is 2.27. The summed E-state index contributed by atoms with van der Waals surface area (Å²) < 4.78 is 5.97. The Labute approximate surface area is 121 Å². The Balaban J connectivity index is 2.11. The predicted octanol–water partition coefficient (Wildman–Crippen LogP) is 3.72. The van der Waals surface area contributed by atoms with Gasteiger partial charge < -0.3 is 10.1 Å². The van der Waals surface area contributed by atoms with Gasteiger partial charge in [-0.1, -0.05) is 38.1 Å². The first-order valence-electron chi connectivity index (χ1n) is 7.19. The van der Waals surface area contributed by atoms with Crippen LogP contribution in [-0.2, 0) is 6.61 Å². The summed E-state index contributed by atoms with van der Waals surface area (Å²) in [6.07, 6.45) is 4.65. The zero-order chi connectivity index (χ0) is 14.2. The van der Waals surface area contributed by atoms with E-state index in [1.807, 2.05) is 30.5 Å². The molecule has 1 aromatic heterocycles. The van der Waals surface area contributed by atoms with Crippen molar-refractivity contribution in [3.63, 3.8) is 0 Å². The van der Waals surface area contributed by atoms with Crippen LogP contribution < -0.4 is 10.1 Å². The fourth-order valence-electron chi connectivity index (χ4n) is 2.27. The Hall–Kier alpha value is -1.87. The summed E-state index contributed by atoms with van der Waals surface area (Å²) >= 11 is 0. The standard InChI is InChI=1S/C17H22N2O/c1-3-16(19-4-2)15-9-5-6-10-17(15)20-13-14-8-7-11-18-12-14/h5-12,16,19H,3-4,13H2,1-2H3. The van der Waals surface area contributed by atoms with Crippen LogP contribution in [0.1, 0.15) is 37.4 Å². The fraction of sp³-hybridized carbons (Fsp3) is 0.353.